The fourth-order valence-electron chi connectivity index (χ4n) is 2.16. The van der Waals surface area contributed by atoms with Crippen LogP contribution in [0.25, 0.3) is 6.08 Å². The van der Waals surface area contributed by atoms with E-state index in [1.807, 2.05) is 44.2 Å². The molecular formula is C14H19Na3O6P2. The molecular weight excluding hydrogens is 395 g/mol. The third-order valence-electron chi connectivity index (χ3n) is 3.08. The molecule has 25 heavy (non-hydrogen) atoms. The second-order valence-electron chi connectivity index (χ2n) is 5.44. The monoisotopic (exact) mass is 414 g/mol. The van der Waals surface area contributed by atoms with Crippen molar-refractivity contribution in [3.8, 4) is 0 Å². The summed E-state index contributed by atoms with van der Waals surface area (Å²) in [4.78, 5) is 41.7. The van der Waals surface area contributed by atoms with Gasteiger partial charge in [0.2, 0.25) is 0 Å². The maximum Gasteiger partial charge on any atom is 1.00 e. The van der Waals surface area contributed by atoms with Gasteiger partial charge in [-0.05, 0) is 44.2 Å². The molecule has 0 amide bonds. The van der Waals surface area contributed by atoms with Crippen LogP contribution in [-0.2, 0) is 15.6 Å². The normalized spacial score (nSPS) is 14.0. The molecule has 0 spiro atoms. The second-order valence-corrected chi connectivity index (χ2v) is 9.31. The number of hydrogen-bond donors (Lipinski definition) is 1. The minimum atomic E-state index is -5.38. The van der Waals surface area contributed by atoms with Gasteiger partial charge in [0.25, 0.3) is 0 Å². The van der Waals surface area contributed by atoms with E-state index >= 15 is 0 Å². The molecule has 2 atom stereocenters. The Morgan fingerprint density at radius 1 is 1.16 bits per heavy atom. The van der Waals surface area contributed by atoms with Crippen LogP contribution >= 0.6 is 15.2 Å². The van der Waals surface area contributed by atoms with Gasteiger partial charge in [-0.1, -0.05) is 43.5 Å². The van der Waals surface area contributed by atoms with Crippen molar-refractivity contribution in [2.24, 2.45) is 0 Å². The zero-order valence-electron chi connectivity index (χ0n) is 15.5. The van der Waals surface area contributed by atoms with Crippen LogP contribution in [0.4, 0.5) is 0 Å². The maximum atomic E-state index is 11.0. The van der Waals surface area contributed by atoms with E-state index in [1.54, 1.807) is 0 Å². The fraction of sp³-hybridized carbons (Fsp3) is 0.429. The summed E-state index contributed by atoms with van der Waals surface area (Å²) in [7, 11) is -10.6. The Balaban J connectivity index is -0.00000161. The molecule has 0 aromatic heterocycles. The van der Waals surface area contributed by atoms with Gasteiger partial charge in [-0.3, -0.25) is 0 Å². The molecule has 0 aliphatic rings. The topological polar surface area (TPSA) is 124 Å². The summed E-state index contributed by atoms with van der Waals surface area (Å²) >= 11 is 0. The largest absolute Gasteiger partial charge is 1.00 e. The Kier molecular flexibility index (Phi) is 18.2. The van der Waals surface area contributed by atoms with Gasteiger partial charge in [-0.2, -0.15) is 0 Å². The van der Waals surface area contributed by atoms with Crippen molar-refractivity contribution in [3.63, 3.8) is 0 Å². The summed E-state index contributed by atoms with van der Waals surface area (Å²) in [5, 5.41) is -2.25. The van der Waals surface area contributed by atoms with Crippen molar-refractivity contribution >= 4 is 21.3 Å². The zero-order valence-corrected chi connectivity index (χ0v) is 23.3. The predicted octanol–water partition coefficient (Wildman–Crippen LogP) is -7.77. The molecule has 124 valence electrons. The average molecular weight is 414 g/mol. The third kappa shape index (κ3) is 13.2. The molecule has 11 heteroatoms. The van der Waals surface area contributed by atoms with E-state index in [1.165, 1.54) is 0 Å². The molecule has 1 aromatic rings. The van der Waals surface area contributed by atoms with Crippen LogP contribution in [0, 0.1) is 0 Å². The first-order valence-corrected chi connectivity index (χ1v) is 10.0. The first kappa shape index (κ1) is 31.9. The molecule has 0 fully saturated rings. The van der Waals surface area contributed by atoms with E-state index in [-0.39, 0.29) is 95.1 Å². The molecule has 0 heterocycles. The van der Waals surface area contributed by atoms with Crippen LogP contribution in [0.15, 0.2) is 29.8 Å². The van der Waals surface area contributed by atoms with E-state index in [0.29, 0.717) is 6.42 Å². The van der Waals surface area contributed by atoms with Gasteiger partial charge in [-0.25, -0.2) is 0 Å². The van der Waals surface area contributed by atoms with Crippen molar-refractivity contribution in [2.45, 2.75) is 38.5 Å². The number of allylic oxidation sites excluding steroid dienone is 1. The van der Waals surface area contributed by atoms with Crippen molar-refractivity contribution in [1.29, 1.82) is 0 Å². The van der Waals surface area contributed by atoms with Crippen LogP contribution in [0.2, 0.25) is 0 Å². The van der Waals surface area contributed by atoms with E-state index < -0.39 is 27.0 Å². The number of aryl methyl sites for hydroxylation is 1. The van der Waals surface area contributed by atoms with Gasteiger partial charge >= 0.3 is 88.7 Å². The minimum Gasteiger partial charge on any atom is -0.810 e. The summed E-state index contributed by atoms with van der Waals surface area (Å²) in [5.41, 5.74) is 3.02. The summed E-state index contributed by atoms with van der Waals surface area (Å²) < 4.78 is 21.9. The van der Waals surface area contributed by atoms with Gasteiger partial charge < -0.3 is 28.7 Å². The van der Waals surface area contributed by atoms with Crippen molar-refractivity contribution < 1.29 is 117 Å². The molecule has 1 aromatic carbocycles. The van der Waals surface area contributed by atoms with Crippen molar-refractivity contribution in [1.82, 2.24) is 0 Å². The molecule has 0 saturated carbocycles. The van der Waals surface area contributed by atoms with E-state index in [0.717, 1.165) is 16.7 Å². The molecule has 1 rings (SSSR count). The first-order chi connectivity index (χ1) is 10.00. The molecule has 0 saturated heterocycles. The quantitative estimate of drug-likeness (QED) is 0.349. The van der Waals surface area contributed by atoms with Gasteiger partial charge in [0.05, 0.1) is 5.40 Å². The molecule has 0 aliphatic heterocycles. The van der Waals surface area contributed by atoms with Crippen molar-refractivity contribution in [3.05, 3.63) is 41.0 Å². The van der Waals surface area contributed by atoms with Crippen LogP contribution in [0.5, 0.6) is 0 Å². The number of rotatable bonds is 7. The van der Waals surface area contributed by atoms with Crippen LogP contribution in [0.3, 0.4) is 0 Å². The number of benzene rings is 1. The number of hydrogen-bond acceptors (Lipinski definition) is 5. The van der Waals surface area contributed by atoms with Crippen LogP contribution in [-0.4, -0.2) is 10.3 Å². The smallest absolute Gasteiger partial charge is 0.810 e. The van der Waals surface area contributed by atoms with E-state index in [2.05, 4.69) is 0 Å². The Labute approximate surface area is 215 Å². The Hall–Kier alpha value is 2.26. The minimum absolute atomic E-state index is 0. The van der Waals surface area contributed by atoms with Crippen LogP contribution in [0.1, 0.15) is 37.8 Å². The SMILES string of the molecule is CC(C)=Cc1cccc(CCCC(P(=O)([O-])[O-])P(=O)([O-])O)c1.[Na+].[Na+].[Na+]. The zero-order chi connectivity index (χ0) is 17.0. The third-order valence-corrected chi connectivity index (χ3v) is 6.80. The Bertz CT molecular complexity index is 615. The maximum absolute atomic E-state index is 11.0. The Morgan fingerprint density at radius 3 is 2.16 bits per heavy atom. The standard InChI is InChI=1S/C14H22O6P2.3Na/c1-11(2)9-13-7-3-5-12(10-13)6-4-8-14(21(15,16)17)22(18,19)20;;;/h3,5,7,9-10,14H,4,6,8H2,1-2H3,(H2,15,16,17)(H2,18,19,20);;;/q;3*+1/p-3. The molecule has 0 aliphatic carbocycles. The molecule has 6 nitrogen and oxygen atoms in total. The summed E-state index contributed by atoms with van der Waals surface area (Å²) in [5.74, 6) is 0. The van der Waals surface area contributed by atoms with Crippen molar-refractivity contribution in [2.75, 3.05) is 0 Å². The van der Waals surface area contributed by atoms with Gasteiger partial charge in [0.15, 0.2) is 0 Å². The Morgan fingerprint density at radius 2 is 1.72 bits per heavy atom. The molecule has 0 radical (unpaired) electrons. The van der Waals surface area contributed by atoms with Gasteiger partial charge in [0.1, 0.15) is 7.60 Å². The molecule has 2 unspecified atom stereocenters. The van der Waals surface area contributed by atoms with Crippen LogP contribution < -0.4 is 103 Å². The van der Waals surface area contributed by atoms with E-state index in [4.69, 9.17) is 4.89 Å². The molecule has 0 bridgehead atoms. The predicted molar refractivity (Wildman–Crippen MR) is 79.9 cm³/mol. The second kappa shape index (κ2) is 14.3. The first-order valence-electron chi connectivity index (χ1n) is 6.79. The summed E-state index contributed by atoms with van der Waals surface area (Å²) in [6, 6.07) is 7.51. The average Bonchev–Trinajstić information content (AvgIpc) is 2.31. The fourth-order valence-corrected chi connectivity index (χ4v) is 4.60. The molecule has 1 N–H and O–H groups in total. The summed E-state index contributed by atoms with van der Waals surface area (Å²) in [6.07, 6.45) is 2.16. The summed E-state index contributed by atoms with van der Waals surface area (Å²) in [6.45, 7) is 3.93. The van der Waals surface area contributed by atoms with E-state index in [9.17, 15) is 23.8 Å². The van der Waals surface area contributed by atoms with Gasteiger partial charge in [-0.15, -0.1) is 0 Å². The van der Waals surface area contributed by atoms with Gasteiger partial charge in [0, 0.05) is 0 Å².